The van der Waals surface area contributed by atoms with E-state index in [1.54, 1.807) is 9.80 Å². The molecule has 0 aromatic heterocycles. The third kappa shape index (κ3) is 9.79. The Hall–Kier alpha value is -3.23. The zero-order chi connectivity index (χ0) is 29.1. The number of amides is 3. The maximum Gasteiger partial charge on any atom is 0.253 e. The maximum absolute atomic E-state index is 13.8. The number of nitrogens with zero attached hydrogens (tertiary/aromatic N) is 2. The lowest BCUT2D eigenvalue weighted by Crippen LogP contribution is -2.47. The van der Waals surface area contributed by atoms with E-state index < -0.39 is 18.1 Å². The first-order valence-electron chi connectivity index (χ1n) is 14.0. The molecule has 2 aromatic carbocycles. The Bertz CT molecular complexity index is 1110. The van der Waals surface area contributed by atoms with Gasteiger partial charge >= 0.3 is 0 Å². The highest BCUT2D eigenvalue weighted by Gasteiger charge is 2.26. The highest BCUT2D eigenvalue weighted by atomic mass is 16.3. The first-order valence-corrected chi connectivity index (χ1v) is 14.0. The van der Waals surface area contributed by atoms with Crippen LogP contribution in [0.3, 0.4) is 0 Å². The Kier molecular flexibility index (Phi) is 12.6. The fourth-order valence-corrected chi connectivity index (χ4v) is 4.53. The van der Waals surface area contributed by atoms with Crippen molar-refractivity contribution in [2.45, 2.75) is 72.4 Å². The van der Waals surface area contributed by atoms with E-state index in [-0.39, 0.29) is 35.0 Å². The fraction of sp³-hybridized carbons (Fsp3) is 0.516. The van der Waals surface area contributed by atoms with Crippen molar-refractivity contribution in [2.24, 2.45) is 17.4 Å². The van der Waals surface area contributed by atoms with Crippen molar-refractivity contribution in [1.29, 1.82) is 0 Å². The van der Waals surface area contributed by atoms with Gasteiger partial charge in [-0.15, -0.1) is 0 Å². The first-order chi connectivity index (χ1) is 18.5. The Balaban J connectivity index is 2.36. The van der Waals surface area contributed by atoms with Crippen molar-refractivity contribution in [1.82, 2.24) is 9.80 Å². The van der Waals surface area contributed by atoms with Crippen LogP contribution in [0, 0.1) is 12.8 Å². The summed E-state index contributed by atoms with van der Waals surface area (Å²) in [5.41, 5.74) is 14.6. The zero-order valence-electron chi connectivity index (χ0n) is 24.2. The molecule has 2 rings (SSSR count). The van der Waals surface area contributed by atoms with Crippen LogP contribution in [-0.4, -0.2) is 71.0 Å². The molecule has 0 fully saturated rings. The molecule has 8 heteroatoms. The van der Waals surface area contributed by atoms with Crippen molar-refractivity contribution in [3.8, 4) is 0 Å². The number of primary amides is 1. The van der Waals surface area contributed by atoms with E-state index in [0.717, 1.165) is 24.0 Å². The molecule has 0 heterocycles. The second-order valence-electron chi connectivity index (χ2n) is 10.8. The molecule has 8 nitrogen and oxygen atoms in total. The number of nitrogens with two attached hydrogens (primary N) is 2. The Labute approximate surface area is 233 Å². The number of carbonyl (C=O) groups is 3. The normalized spacial score (nSPS) is 12.7. The minimum atomic E-state index is -0.966. The quantitative estimate of drug-likeness (QED) is 0.318. The molecule has 3 amide bonds. The van der Waals surface area contributed by atoms with Gasteiger partial charge in [-0.25, -0.2) is 0 Å². The van der Waals surface area contributed by atoms with Crippen molar-refractivity contribution in [2.75, 3.05) is 26.2 Å². The molecule has 214 valence electrons. The van der Waals surface area contributed by atoms with Crippen molar-refractivity contribution < 1.29 is 19.5 Å². The summed E-state index contributed by atoms with van der Waals surface area (Å²) in [7, 11) is 0. The summed E-state index contributed by atoms with van der Waals surface area (Å²) in [5.74, 6) is -1.02. The average Bonchev–Trinajstić information content (AvgIpc) is 2.89. The number of rotatable bonds is 15. The number of aliphatic hydroxyl groups excluding tert-OH is 1. The lowest BCUT2D eigenvalue weighted by atomic mass is 9.99. The summed E-state index contributed by atoms with van der Waals surface area (Å²) < 4.78 is 0. The molecule has 39 heavy (non-hydrogen) atoms. The van der Waals surface area contributed by atoms with Crippen LogP contribution >= 0.6 is 0 Å². The van der Waals surface area contributed by atoms with Crippen LogP contribution in [0.5, 0.6) is 0 Å². The zero-order valence-corrected chi connectivity index (χ0v) is 24.2. The Morgan fingerprint density at radius 2 is 1.44 bits per heavy atom. The molecule has 2 aromatic rings. The summed E-state index contributed by atoms with van der Waals surface area (Å²) in [6.07, 6.45) is 1.79. The average molecular weight is 539 g/mol. The largest absolute Gasteiger partial charge is 0.390 e. The van der Waals surface area contributed by atoms with E-state index >= 15 is 0 Å². The van der Waals surface area contributed by atoms with Crippen LogP contribution in [0.25, 0.3) is 0 Å². The van der Waals surface area contributed by atoms with Crippen LogP contribution in [0.15, 0.2) is 42.5 Å². The van der Waals surface area contributed by atoms with E-state index in [0.29, 0.717) is 38.4 Å². The highest BCUT2D eigenvalue weighted by Crippen LogP contribution is 2.18. The van der Waals surface area contributed by atoms with Crippen LogP contribution in [-0.2, 0) is 6.42 Å². The van der Waals surface area contributed by atoms with Gasteiger partial charge in [0.25, 0.3) is 11.8 Å². The minimum absolute atomic E-state index is 0.0282. The van der Waals surface area contributed by atoms with Crippen LogP contribution in [0.4, 0.5) is 0 Å². The number of benzene rings is 2. The first kappa shape index (κ1) is 32.0. The summed E-state index contributed by atoms with van der Waals surface area (Å²) in [6.45, 7) is 11.7. The molecule has 0 radical (unpaired) electrons. The Morgan fingerprint density at radius 1 is 0.872 bits per heavy atom. The predicted molar refractivity (Wildman–Crippen MR) is 156 cm³/mol. The lowest BCUT2D eigenvalue weighted by molar-refractivity contribution is 0.0563. The van der Waals surface area contributed by atoms with Gasteiger partial charge in [-0.2, -0.15) is 0 Å². The van der Waals surface area contributed by atoms with Crippen LogP contribution < -0.4 is 11.5 Å². The van der Waals surface area contributed by atoms with Gasteiger partial charge in [0.15, 0.2) is 0 Å². The monoisotopic (exact) mass is 538 g/mol. The molecule has 0 spiro atoms. The second kappa shape index (κ2) is 15.4. The van der Waals surface area contributed by atoms with E-state index in [9.17, 15) is 19.5 Å². The maximum atomic E-state index is 13.8. The van der Waals surface area contributed by atoms with Crippen molar-refractivity contribution >= 4 is 17.7 Å². The van der Waals surface area contributed by atoms with Gasteiger partial charge in [-0.1, -0.05) is 57.5 Å². The van der Waals surface area contributed by atoms with Crippen LogP contribution in [0.1, 0.15) is 89.2 Å². The van der Waals surface area contributed by atoms with Gasteiger partial charge in [0, 0.05) is 48.9 Å². The van der Waals surface area contributed by atoms with Gasteiger partial charge < -0.3 is 26.4 Å². The SMILES string of the molecule is CCCN(CCC)C(=O)c1cc(C(N)=O)cc(C(=O)N(CCC(C)C)C[C@@H](O)[C@@H](N)Cc2cccc(C)c2)c1. The topological polar surface area (TPSA) is 130 Å². The molecule has 0 aliphatic rings. The fourth-order valence-electron chi connectivity index (χ4n) is 4.53. The standard InChI is InChI=1S/C31H46N4O4/c1-6-12-34(13-7-2)30(38)25-17-24(29(33)37)18-26(19-25)31(39)35(14-11-21(3)4)20-28(36)27(32)16-23-10-8-9-22(5)15-23/h8-10,15,17-19,21,27-28,36H,6-7,11-14,16,20,32H2,1-5H3,(H2,33,37)/t27-,28+/m0/s1. The molecule has 0 unspecified atom stereocenters. The van der Waals surface area contributed by atoms with E-state index in [2.05, 4.69) is 13.8 Å². The molecule has 0 aliphatic carbocycles. The van der Waals surface area contributed by atoms with Gasteiger partial charge in [0.05, 0.1) is 6.10 Å². The molecular formula is C31H46N4O4. The Morgan fingerprint density at radius 3 is 1.95 bits per heavy atom. The minimum Gasteiger partial charge on any atom is -0.390 e. The number of hydrogen-bond donors (Lipinski definition) is 3. The summed E-state index contributed by atoms with van der Waals surface area (Å²) in [6, 6.07) is 11.8. The number of carbonyl (C=O) groups excluding carboxylic acids is 3. The summed E-state index contributed by atoms with van der Waals surface area (Å²) in [5, 5.41) is 11.0. The van der Waals surface area contributed by atoms with E-state index in [1.807, 2.05) is 45.0 Å². The van der Waals surface area contributed by atoms with E-state index in [1.165, 1.54) is 18.2 Å². The van der Waals surface area contributed by atoms with Crippen molar-refractivity contribution in [3.63, 3.8) is 0 Å². The highest BCUT2D eigenvalue weighted by molar-refractivity contribution is 6.04. The third-order valence-corrected chi connectivity index (χ3v) is 6.70. The number of aliphatic hydroxyl groups is 1. The van der Waals surface area contributed by atoms with Gasteiger partial charge in [-0.05, 0) is 62.3 Å². The number of aryl methyl sites for hydroxylation is 1. The molecular weight excluding hydrogens is 492 g/mol. The summed E-state index contributed by atoms with van der Waals surface area (Å²) >= 11 is 0. The number of hydrogen-bond acceptors (Lipinski definition) is 5. The predicted octanol–water partition coefficient (Wildman–Crippen LogP) is 3.78. The van der Waals surface area contributed by atoms with Gasteiger partial charge in [-0.3, -0.25) is 14.4 Å². The third-order valence-electron chi connectivity index (χ3n) is 6.70. The molecule has 0 saturated heterocycles. The van der Waals surface area contributed by atoms with Crippen molar-refractivity contribution in [3.05, 3.63) is 70.3 Å². The second-order valence-corrected chi connectivity index (χ2v) is 10.8. The molecule has 0 aliphatic heterocycles. The molecule has 2 atom stereocenters. The van der Waals surface area contributed by atoms with Crippen LogP contribution in [0.2, 0.25) is 0 Å². The van der Waals surface area contributed by atoms with Gasteiger partial charge in [0.1, 0.15) is 0 Å². The lowest BCUT2D eigenvalue weighted by Gasteiger charge is -2.29. The van der Waals surface area contributed by atoms with E-state index in [4.69, 9.17) is 11.5 Å². The summed E-state index contributed by atoms with van der Waals surface area (Å²) in [4.78, 5) is 42.5. The molecule has 0 bridgehead atoms. The van der Waals surface area contributed by atoms with Gasteiger partial charge in [0.2, 0.25) is 5.91 Å². The smallest absolute Gasteiger partial charge is 0.253 e. The molecule has 0 saturated carbocycles. The molecule has 5 N–H and O–H groups in total.